The van der Waals surface area contributed by atoms with Gasteiger partial charge >= 0.3 is 12.0 Å². The average molecular weight is 275 g/mol. The molecule has 0 bridgehead atoms. The maximum atomic E-state index is 11.2. The highest BCUT2D eigenvalue weighted by atomic mass is 16.4. The van der Waals surface area contributed by atoms with Gasteiger partial charge in [-0.3, -0.25) is 4.79 Å². The molecule has 0 saturated carbocycles. The van der Waals surface area contributed by atoms with Gasteiger partial charge < -0.3 is 26.2 Å². The van der Waals surface area contributed by atoms with E-state index < -0.39 is 24.1 Å². The van der Waals surface area contributed by atoms with Crippen LogP contribution in [0.25, 0.3) is 0 Å². The topological polar surface area (TPSA) is 128 Å². The second-order valence-electron chi connectivity index (χ2n) is 4.29. The fourth-order valence-electron chi connectivity index (χ4n) is 1.03. The van der Waals surface area contributed by atoms with Crippen molar-refractivity contribution in [2.75, 3.05) is 19.6 Å². The standard InChI is InChI=1S/C11H21N3O5/c1-3-5-12-8(15)4-6-13-10(18)14-7-11(2,19)9(16)17/h19H,3-7H2,1-2H3,(H,12,15)(H,16,17)(H2,13,14,18). The Labute approximate surface area is 111 Å². The first kappa shape index (κ1) is 17.2. The van der Waals surface area contributed by atoms with Gasteiger partial charge in [-0.05, 0) is 13.3 Å². The monoisotopic (exact) mass is 275 g/mol. The van der Waals surface area contributed by atoms with Gasteiger partial charge in [-0.15, -0.1) is 0 Å². The molecule has 19 heavy (non-hydrogen) atoms. The molecule has 5 N–H and O–H groups in total. The Morgan fingerprint density at radius 3 is 2.26 bits per heavy atom. The van der Waals surface area contributed by atoms with Crippen molar-refractivity contribution in [2.45, 2.75) is 32.3 Å². The minimum absolute atomic E-state index is 0.136. The molecule has 0 aromatic rings. The molecule has 3 amide bonds. The third-order valence-corrected chi connectivity index (χ3v) is 2.26. The largest absolute Gasteiger partial charge is 0.479 e. The molecule has 0 spiro atoms. The van der Waals surface area contributed by atoms with E-state index in [0.29, 0.717) is 6.54 Å². The number of carboxylic acids is 1. The van der Waals surface area contributed by atoms with Gasteiger partial charge in [-0.1, -0.05) is 6.92 Å². The van der Waals surface area contributed by atoms with Gasteiger partial charge in [0.05, 0.1) is 6.54 Å². The number of hydrogen-bond acceptors (Lipinski definition) is 4. The molecule has 0 radical (unpaired) electrons. The Bertz CT molecular complexity index is 330. The van der Waals surface area contributed by atoms with E-state index in [1.165, 1.54) is 0 Å². The zero-order valence-corrected chi connectivity index (χ0v) is 11.2. The van der Waals surface area contributed by atoms with E-state index in [1.807, 2.05) is 6.92 Å². The second-order valence-corrected chi connectivity index (χ2v) is 4.29. The van der Waals surface area contributed by atoms with E-state index in [2.05, 4.69) is 16.0 Å². The van der Waals surface area contributed by atoms with E-state index in [9.17, 15) is 19.5 Å². The van der Waals surface area contributed by atoms with E-state index >= 15 is 0 Å². The van der Waals surface area contributed by atoms with Gasteiger partial charge in [0.1, 0.15) is 0 Å². The summed E-state index contributed by atoms with van der Waals surface area (Å²) in [4.78, 5) is 33.0. The molecule has 0 fully saturated rings. The minimum atomic E-state index is -2.02. The third-order valence-electron chi connectivity index (χ3n) is 2.26. The molecular weight excluding hydrogens is 254 g/mol. The summed E-state index contributed by atoms with van der Waals surface area (Å²) in [6.07, 6.45) is 0.979. The van der Waals surface area contributed by atoms with Crippen LogP contribution in [-0.2, 0) is 9.59 Å². The number of hydrogen-bond donors (Lipinski definition) is 5. The van der Waals surface area contributed by atoms with Crippen LogP contribution in [0.1, 0.15) is 26.7 Å². The lowest BCUT2D eigenvalue weighted by Crippen LogP contribution is -2.49. The van der Waals surface area contributed by atoms with Crippen LogP contribution in [0, 0.1) is 0 Å². The summed E-state index contributed by atoms with van der Waals surface area (Å²) in [5.74, 6) is -1.59. The van der Waals surface area contributed by atoms with E-state index in [1.54, 1.807) is 0 Å². The highest BCUT2D eigenvalue weighted by Crippen LogP contribution is 2.00. The first-order chi connectivity index (χ1) is 8.79. The Balaban J connectivity index is 3.77. The number of aliphatic carboxylic acids is 1. The molecule has 110 valence electrons. The summed E-state index contributed by atoms with van der Waals surface area (Å²) in [7, 11) is 0. The number of urea groups is 1. The van der Waals surface area contributed by atoms with Crippen LogP contribution < -0.4 is 16.0 Å². The molecule has 0 aliphatic rings. The predicted molar refractivity (Wildman–Crippen MR) is 67.6 cm³/mol. The normalized spacial score (nSPS) is 13.2. The van der Waals surface area contributed by atoms with Crippen LogP contribution in [0.15, 0.2) is 0 Å². The van der Waals surface area contributed by atoms with Crippen LogP contribution in [0.5, 0.6) is 0 Å². The van der Waals surface area contributed by atoms with Gasteiger partial charge in [0.2, 0.25) is 5.91 Å². The second kappa shape index (κ2) is 8.30. The number of rotatable bonds is 8. The number of carbonyl (C=O) groups excluding carboxylic acids is 2. The van der Waals surface area contributed by atoms with Crippen molar-refractivity contribution in [3.05, 3.63) is 0 Å². The highest BCUT2D eigenvalue weighted by Gasteiger charge is 2.30. The lowest BCUT2D eigenvalue weighted by Gasteiger charge is -2.18. The van der Waals surface area contributed by atoms with Crippen molar-refractivity contribution in [3.63, 3.8) is 0 Å². The van der Waals surface area contributed by atoms with Crippen molar-refractivity contribution in [3.8, 4) is 0 Å². The molecule has 0 aliphatic carbocycles. The quantitative estimate of drug-likeness (QED) is 0.390. The van der Waals surface area contributed by atoms with Gasteiger partial charge in [0, 0.05) is 19.5 Å². The number of nitrogens with one attached hydrogen (secondary N) is 3. The summed E-state index contributed by atoms with van der Waals surface area (Å²) < 4.78 is 0. The Hall–Kier alpha value is -1.83. The van der Waals surface area contributed by atoms with Crippen molar-refractivity contribution < 1.29 is 24.6 Å². The number of aliphatic hydroxyl groups is 1. The van der Waals surface area contributed by atoms with E-state index in [0.717, 1.165) is 13.3 Å². The summed E-state index contributed by atoms with van der Waals surface area (Å²) >= 11 is 0. The molecule has 8 nitrogen and oxygen atoms in total. The SMILES string of the molecule is CCCNC(=O)CCNC(=O)NCC(C)(O)C(=O)O. The third kappa shape index (κ3) is 7.98. The molecule has 0 aromatic carbocycles. The van der Waals surface area contributed by atoms with Crippen LogP contribution in [0.3, 0.4) is 0 Å². The number of carboxylic acid groups (broad SMARTS) is 1. The van der Waals surface area contributed by atoms with Crippen LogP contribution >= 0.6 is 0 Å². The van der Waals surface area contributed by atoms with E-state index in [-0.39, 0.29) is 18.9 Å². The van der Waals surface area contributed by atoms with Crippen molar-refractivity contribution in [1.82, 2.24) is 16.0 Å². The number of amides is 3. The maximum absolute atomic E-state index is 11.2. The molecule has 0 aromatic heterocycles. The van der Waals surface area contributed by atoms with Gasteiger partial charge in [0.15, 0.2) is 5.60 Å². The molecule has 0 aliphatic heterocycles. The summed E-state index contributed by atoms with van der Waals surface area (Å²) in [5.41, 5.74) is -2.02. The molecule has 0 heterocycles. The molecule has 0 rings (SSSR count). The zero-order valence-electron chi connectivity index (χ0n) is 11.2. The maximum Gasteiger partial charge on any atom is 0.337 e. The van der Waals surface area contributed by atoms with Gasteiger partial charge in [-0.25, -0.2) is 9.59 Å². The lowest BCUT2D eigenvalue weighted by molar-refractivity contribution is -0.155. The van der Waals surface area contributed by atoms with Crippen LogP contribution in [-0.4, -0.2) is 53.4 Å². The van der Waals surface area contributed by atoms with Crippen LogP contribution in [0.4, 0.5) is 4.79 Å². The van der Waals surface area contributed by atoms with Crippen LogP contribution in [0.2, 0.25) is 0 Å². The van der Waals surface area contributed by atoms with Crippen molar-refractivity contribution in [1.29, 1.82) is 0 Å². The molecular formula is C11H21N3O5. The molecule has 0 saturated heterocycles. The van der Waals surface area contributed by atoms with E-state index in [4.69, 9.17) is 5.11 Å². The first-order valence-electron chi connectivity index (χ1n) is 6.03. The number of carbonyl (C=O) groups is 3. The molecule has 1 atom stereocenters. The van der Waals surface area contributed by atoms with Crippen molar-refractivity contribution >= 4 is 17.9 Å². The van der Waals surface area contributed by atoms with Crippen molar-refractivity contribution in [2.24, 2.45) is 0 Å². The smallest absolute Gasteiger partial charge is 0.337 e. The summed E-state index contributed by atoms with van der Waals surface area (Å²) in [6, 6.07) is -0.634. The molecule has 8 heteroatoms. The minimum Gasteiger partial charge on any atom is -0.479 e. The summed E-state index contributed by atoms with van der Waals surface area (Å²) in [5, 5.41) is 25.2. The Morgan fingerprint density at radius 2 is 1.74 bits per heavy atom. The predicted octanol–water partition coefficient (Wildman–Crippen LogP) is -0.962. The van der Waals surface area contributed by atoms with Gasteiger partial charge in [0.25, 0.3) is 0 Å². The van der Waals surface area contributed by atoms with Gasteiger partial charge in [-0.2, -0.15) is 0 Å². The Kier molecular flexibility index (Phi) is 7.50. The lowest BCUT2D eigenvalue weighted by atomic mass is 10.1. The molecule has 1 unspecified atom stereocenters. The highest BCUT2D eigenvalue weighted by molar-refractivity contribution is 5.80. The first-order valence-corrected chi connectivity index (χ1v) is 6.03. The fourth-order valence-corrected chi connectivity index (χ4v) is 1.03. The fraction of sp³-hybridized carbons (Fsp3) is 0.727. The average Bonchev–Trinajstić information content (AvgIpc) is 2.33. The Morgan fingerprint density at radius 1 is 1.11 bits per heavy atom. The summed E-state index contributed by atoms with van der Waals surface area (Å²) in [6.45, 7) is 3.31. The zero-order chi connectivity index (χ0) is 14.9.